The Morgan fingerprint density at radius 1 is 1.31 bits per heavy atom. The van der Waals surface area contributed by atoms with Gasteiger partial charge in [0.1, 0.15) is 11.9 Å². The molecule has 0 radical (unpaired) electrons. The lowest BCUT2D eigenvalue weighted by Gasteiger charge is -2.28. The number of hydrogen-bond acceptors (Lipinski definition) is 6. The van der Waals surface area contributed by atoms with E-state index < -0.39 is 0 Å². The Morgan fingerprint density at radius 3 is 2.73 bits per heavy atom. The molecule has 2 aromatic rings. The Bertz CT molecular complexity index is 740. The fourth-order valence-corrected chi connectivity index (χ4v) is 2.94. The zero-order chi connectivity index (χ0) is 18.5. The van der Waals surface area contributed by atoms with E-state index in [0.29, 0.717) is 30.7 Å². The lowest BCUT2D eigenvalue weighted by molar-refractivity contribution is 0.0506. The maximum Gasteiger partial charge on any atom is 0.321 e. The number of rotatable bonds is 5. The first-order valence-electron chi connectivity index (χ1n) is 8.94. The van der Waals surface area contributed by atoms with Gasteiger partial charge in [0.05, 0.1) is 0 Å². The molecule has 26 heavy (non-hydrogen) atoms. The van der Waals surface area contributed by atoms with E-state index in [-0.39, 0.29) is 23.9 Å². The lowest BCUT2D eigenvalue weighted by atomic mass is 9.91. The smallest absolute Gasteiger partial charge is 0.321 e. The average molecular weight is 359 g/mol. The van der Waals surface area contributed by atoms with Crippen molar-refractivity contribution in [3.05, 3.63) is 35.6 Å². The van der Waals surface area contributed by atoms with Crippen molar-refractivity contribution in [2.24, 2.45) is 5.92 Å². The zero-order valence-corrected chi connectivity index (χ0v) is 15.4. The van der Waals surface area contributed by atoms with Crippen LogP contribution in [0.2, 0.25) is 0 Å². The number of ether oxygens (including phenoxy) is 1. The highest BCUT2D eigenvalue weighted by Gasteiger charge is 2.31. The van der Waals surface area contributed by atoms with Crippen LogP contribution in [0.3, 0.4) is 0 Å². The largest absolute Gasteiger partial charge is 0.381 e. The van der Waals surface area contributed by atoms with Crippen LogP contribution < -0.4 is 10.6 Å². The monoisotopic (exact) mass is 359 g/mol. The minimum atomic E-state index is -0.358. The number of amides is 2. The predicted octanol–water partition coefficient (Wildman–Crippen LogP) is 3.19. The molecule has 0 bridgehead atoms. The molecule has 0 aliphatic carbocycles. The van der Waals surface area contributed by atoms with Crippen LogP contribution >= 0.6 is 0 Å². The average Bonchev–Trinajstić information content (AvgIpc) is 3.10. The number of nitrogens with zero attached hydrogens (tertiary/aromatic N) is 3. The number of aryl methyl sites for hydroxylation is 1. The normalized spacial score (nSPS) is 16.5. The minimum absolute atomic E-state index is 0.160. The summed E-state index contributed by atoms with van der Waals surface area (Å²) in [6.45, 7) is 7.27. The third-order valence-corrected chi connectivity index (χ3v) is 4.42. The van der Waals surface area contributed by atoms with Gasteiger partial charge in [-0.1, -0.05) is 19.0 Å². The van der Waals surface area contributed by atoms with Crippen LogP contribution in [0, 0.1) is 12.8 Å². The van der Waals surface area contributed by atoms with E-state index >= 15 is 0 Å². The van der Waals surface area contributed by atoms with E-state index in [2.05, 4.69) is 25.8 Å². The van der Waals surface area contributed by atoms with E-state index in [0.717, 1.165) is 18.4 Å². The first kappa shape index (κ1) is 18.3. The first-order valence-corrected chi connectivity index (χ1v) is 8.94. The molecule has 0 aromatic carbocycles. The van der Waals surface area contributed by atoms with E-state index in [1.54, 1.807) is 6.20 Å². The fourth-order valence-electron chi connectivity index (χ4n) is 2.94. The summed E-state index contributed by atoms with van der Waals surface area (Å²) in [5.41, 5.74) is 1.02. The summed E-state index contributed by atoms with van der Waals surface area (Å²) in [5.74, 6) is 1.92. The summed E-state index contributed by atoms with van der Waals surface area (Å²) in [6, 6.07) is 2.99. The van der Waals surface area contributed by atoms with Crippen molar-refractivity contribution in [2.75, 3.05) is 18.5 Å². The second kappa shape index (κ2) is 8.27. The Morgan fingerprint density at radius 2 is 2.08 bits per heavy atom. The van der Waals surface area contributed by atoms with Gasteiger partial charge in [-0.05, 0) is 43.4 Å². The van der Waals surface area contributed by atoms with Crippen molar-refractivity contribution in [2.45, 2.75) is 45.6 Å². The molecule has 3 heterocycles. The molecule has 2 aromatic heterocycles. The maximum absolute atomic E-state index is 12.5. The molecular formula is C18H25N5O3. The third-order valence-electron chi connectivity index (χ3n) is 4.42. The molecule has 0 saturated carbocycles. The number of hydrogen-bond donors (Lipinski definition) is 2. The van der Waals surface area contributed by atoms with Crippen molar-refractivity contribution in [1.82, 2.24) is 20.4 Å². The van der Waals surface area contributed by atoms with E-state index in [4.69, 9.17) is 9.26 Å². The molecule has 1 atom stereocenters. The van der Waals surface area contributed by atoms with Crippen LogP contribution in [0.15, 0.2) is 22.9 Å². The number of anilines is 1. The Labute approximate surface area is 152 Å². The number of pyridine rings is 1. The van der Waals surface area contributed by atoms with Crippen LogP contribution in [0.25, 0.3) is 0 Å². The standard InChI is InChI=1S/C18H25N5O3/c1-11(2)16-22-17(26-23-16)15(13-5-8-25-9-6-13)21-18(24)20-14-10-12(3)4-7-19-14/h4,7,10-11,13,15H,5-6,8-9H2,1-3H3,(H2,19,20,21,24)/t15-/m0/s1. The van der Waals surface area contributed by atoms with Gasteiger partial charge in [0.25, 0.3) is 0 Å². The molecule has 0 unspecified atom stereocenters. The van der Waals surface area contributed by atoms with Gasteiger partial charge in [-0.15, -0.1) is 0 Å². The first-order chi connectivity index (χ1) is 12.5. The van der Waals surface area contributed by atoms with Gasteiger partial charge in [-0.3, -0.25) is 5.32 Å². The van der Waals surface area contributed by atoms with Crippen molar-refractivity contribution in [3.63, 3.8) is 0 Å². The molecule has 1 fully saturated rings. The van der Waals surface area contributed by atoms with Gasteiger partial charge in [0, 0.05) is 25.3 Å². The van der Waals surface area contributed by atoms with Crippen molar-refractivity contribution < 1.29 is 14.1 Å². The van der Waals surface area contributed by atoms with Gasteiger partial charge in [-0.2, -0.15) is 4.98 Å². The summed E-state index contributed by atoms with van der Waals surface area (Å²) < 4.78 is 10.9. The molecule has 2 amide bonds. The molecule has 0 spiro atoms. The van der Waals surface area contributed by atoms with E-state index in [1.165, 1.54) is 0 Å². The van der Waals surface area contributed by atoms with Gasteiger partial charge < -0.3 is 14.6 Å². The summed E-state index contributed by atoms with van der Waals surface area (Å²) in [4.78, 5) is 21.1. The van der Waals surface area contributed by atoms with Gasteiger partial charge in [-0.25, -0.2) is 9.78 Å². The molecule has 140 valence electrons. The van der Waals surface area contributed by atoms with Gasteiger partial charge >= 0.3 is 6.03 Å². The minimum Gasteiger partial charge on any atom is -0.381 e. The summed E-state index contributed by atoms with van der Waals surface area (Å²) in [6.07, 6.45) is 3.31. The third kappa shape index (κ3) is 4.57. The number of carbonyl (C=O) groups is 1. The second-order valence-corrected chi connectivity index (χ2v) is 6.89. The van der Waals surface area contributed by atoms with Crippen LogP contribution in [0.5, 0.6) is 0 Å². The Hall–Kier alpha value is -2.48. The second-order valence-electron chi connectivity index (χ2n) is 6.89. The fraction of sp³-hybridized carbons (Fsp3) is 0.556. The maximum atomic E-state index is 12.5. The summed E-state index contributed by atoms with van der Waals surface area (Å²) in [5, 5.41) is 9.78. The summed E-state index contributed by atoms with van der Waals surface area (Å²) in [7, 11) is 0. The molecule has 8 nitrogen and oxygen atoms in total. The molecule has 3 rings (SSSR count). The number of aromatic nitrogens is 3. The van der Waals surface area contributed by atoms with Crippen LogP contribution in [0.4, 0.5) is 10.6 Å². The number of nitrogens with one attached hydrogen (secondary N) is 2. The molecular weight excluding hydrogens is 334 g/mol. The van der Waals surface area contributed by atoms with E-state index in [1.807, 2.05) is 32.9 Å². The highest BCUT2D eigenvalue weighted by Crippen LogP contribution is 2.30. The SMILES string of the molecule is Cc1ccnc(NC(=O)N[C@H](c2nc(C(C)C)no2)C2CCOCC2)c1. The van der Waals surface area contributed by atoms with Crippen molar-refractivity contribution in [1.29, 1.82) is 0 Å². The quantitative estimate of drug-likeness (QED) is 0.850. The van der Waals surface area contributed by atoms with Gasteiger partial charge in [0.2, 0.25) is 5.89 Å². The number of urea groups is 1. The highest BCUT2D eigenvalue weighted by atomic mass is 16.5. The van der Waals surface area contributed by atoms with Crippen molar-refractivity contribution >= 4 is 11.8 Å². The molecule has 2 N–H and O–H groups in total. The predicted molar refractivity (Wildman–Crippen MR) is 95.8 cm³/mol. The molecule has 1 saturated heterocycles. The molecule has 8 heteroatoms. The lowest BCUT2D eigenvalue weighted by Crippen LogP contribution is -2.38. The van der Waals surface area contributed by atoms with Crippen LogP contribution in [0.1, 0.15) is 55.9 Å². The van der Waals surface area contributed by atoms with E-state index in [9.17, 15) is 4.79 Å². The molecule has 1 aliphatic rings. The van der Waals surface area contributed by atoms with Gasteiger partial charge in [0.15, 0.2) is 5.82 Å². The zero-order valence-electron chi connectivity index (χ0n) is 15.4. The summed E-state index contributed by atoms with van der Waals surface area (Å²) >= 11 is 0. The Balaban J connectivity index is 1.75. The molecule has 1 aliphatic heterocycles. The Kier molecular flexibility index (Phi) is 5.82. The number of carbonyl (C=O) groups excluding carboxylic acids is 1. The van der Waals surface area contributed by atoms with Crippen LogP contribution in [-0.2, 0) is 4.74 Å². The highest BCUT2D eigenvalue weighted by molar-refractivity contribution is 5.88. The topological polar surface area (TPSA) is 102 Å². The van der Waals surface area contributed by atoms with Crippen molar-refractivity contribution in [3.8, 4) is 0 Å². The van der Waals surface area contributed by atoms with Crippen LogP contribution in [-0.4, -0.2) is 34.4 Å².